The number of ether oxygens (including phenoxy) is 1. The van der Waals surface area contributed by atoms with Crippen LogP contribution >= 0.6 is 23.2 Å². The maximum Gasteiger partial charge on any atom is 0.346 e. The normalized spacial score (nSPS) is 11.0. The summed E-state index contributed by atoms with van der Waals surface area (Å²) >= 11 is 12.1. The summed E-state index contributed by atoms with van der Waals surface area (Å²) in [6, 6.07) is 4.72. The fourth-order valence-corrected chi connectivity index (χ4v) is 2.81. The molecule has 0 aliphatic carbocycles. The van der Waals surface area contributed by atoms with E-state index >= 15 is 0 Å². The van der Waals surface area contributed by atoms with Gasteiger partial charge in [-0.1, -0.05) is 23.2 Å². The molecule has 0 saturated heterocycles. The van der Waals surface area contributed by atoms with Crippen molar-refractivity contribution >= 4 is 40.1 Å². The largest absolute Gasteiger partial charge is 0.419 e. The number of halogens is 6. The third-order valence-electron chi connectivity index (χ3n) is 3.49. The number of esters is 1. The van der Waals surface area contributed by atoms with Crippen LogP contribution in [0.25, 0.3) is 10.9 Å². The molecule has 0 N–H and O–H groups in total. The highest BCUT2D eigenvalue weighted by atomic mass is 35.5. The van der Waals surface area contributed by atoms with E-state index in [0.29, 0.717) is 11.1 Å². The summed E-state index contributed by atoms with van der Waals surface area (Å²) in [5.74, 6) is -9.54. The smallest absolute Gasteiger partial charge is 0.346 e. The lowest BCUT2D eigenvalue weighted by Crippen LogP contribution is -2.14. The zero-order valence-corrected chi connectivity index (χ0v) is 14.4. The molecule has 134 valence electrons. The van der Waals surface area contributed by atoms with Gasteiger partial charge >= 0.3 is 5.97 Å². The molecule has 26 heavy (non-hydrogen) atoms. The van der Waals surface area contributed by atoms with Gasteiger partial charge in [0, 0.05) is 11.1 Å². The number of fused-ring (bicyclic) bond motifs is 1. The molecule has 0 bridgehead atoms. The molecular formula is C17H7Cl2F4NO2. The summed E-state index contributed by atoms with van der Waals surface area (Å²) in [4.78, 5) is 16.3. The number of hydrogen-bond donors (Lipinski definition) is 0. The van der Waals surface area contributed by atoms with Crippen molar-refractivity contribution in [2.75, 3.05) is 0 Å². The highest BCUT2D eigenvalue weighted by Crippen LogP contribution is 2.38. The molecular weight excluding hydrogens is 397 g/mol. The zero-order chi connectivity index (χ0) is 19.2. The van der Waals surface area contributed by atoms with Crippen LogP contribution in [0.3, 0.4) is 0 Å². The Morgan fingerprint density at radius 1 is 1.00 bits per heavy atom. The summed E-state index contributed by atoms with van der Waals surface area (Å²) in [6.45, 7) is 1.66. The Kier molecular flexibility index (Phi) is 4.77. The van der Waals surface area contributed by atoms with Crippen LogP contribution in [0.15, 0.2) is 24.3 Å². The second-order valence-corrected chi connectivity index (χ2v) is 6.07. The van der Waals surface area contributed by atoms with E-state index in [1.54, 1.807) is 19.1 Å². The van der Waals surface area contributed by atoms with E-state index in [2.05, 4.69) is 4.98 Å². The summed E-state index contributed by atoms with van der Waals surface area (Å²) in [7, 11) is 0. The van der Waals surface area contributed by atoms with Gasteiger partial charge in [0.2, 0.25) is 0 Å². The molecule has 0 amide bonds. The Labute approximate surface area is 154 Å². The minimum atomic E-state index is -2.13. The number of aromatic nitrogens is 1. The minimum absolute atomic E-state index is 0.0966. The predicted octanol–water partition coefficient (Wildman–Crippen LogP) is 5.63. The van der Waals surface area contributed by atoms with Gasteiger partial charge in [-0.3, -0.25) is 0 Å². The molecule has 0 aliphatic rings. The van der Waals surface area contributed by atoms with Gasteiger partial charge < -0.3 is 4.74 Å². The van der Waals surface area contributed by atoms with Crippen LogP contribution in [0.2, 0.25) is 10.0 Å². The van der Waals surface area contributed by atoms with Gasteiger partial charge in [-0.2, -0.15) is 0 Å². The van der Waals surface area contributed by atoms with Gasteiger partial charge in [-0.25, -0.2) is 27.3 Å². The first-order valence-electron chi connectivity index (χ1n) is 7.01. The van der Waals surface area contributed by atoms with Crippen LogP contribution in [-0.2, 0) is 0 Å². The summed E-state index contributed by atoms with van der Waals surface area (Å²) in [5, 5.41) is 0.487. The lowest BCUT2D eigenvalue weighted by molar-refractivity contribution is 0.0729. The molecule has 9 heteroatoms. The molecule has 0 radical (unpaired) electrons. The van der Waals surface area contributed by atoms with E-state index in [-0.39, 0.29) is 27.4 Å². The summed E-state index contributed by atoms with van der Waals surface area (Å²) in [5.41, 5.74) is -0.495. The molecule has 1 aromatic heterocycles. The van der Waals surface area contributed by atoms with Crippen LogP contribution in [0, 0.1) is 30.2 Å². The van der Waals surface area contributed by atoms with Crippen molar-refractivity contribution in [1.29, 1.82) is 0 Å². The number of carbonyl (C=O) groups excluding carboxylic acids is 1. The summed E-state index contributed by atoms with van der Waals surface area (Å²) in [6.07, 6.45) is 0. The van der Waals surface area contributed by atoms with E-state index in [9.17, 15) is 22.4 Å². The lowest BCUT2D eigenvalue weighted by Gasteiger charge is -2.12. The van der Waals surface area contributed by atoms with E-state index in [4.69, 9.17) is 27.9 Å². The fraction of sp³-hybridized carbons (Fsp3) is 0.0588. The molecule has 0 atom stereocenters. The number of benzene rings is 2. The van der Waals surface area contributed by atoms with Gasteiger partial charge in [-0.15, -0.1) is 0 Å². The van der Waals surface area contributed by atoms with Crippen LogP contribution < -0.4 is 4.74 Å². The van der Waals surface area contributed by atoms with Gasteiger partial charge in [0.05, 0.1) is 10.0 Å². The highest BCUT2D eigenvalue weighted by Gasteiger charge is 2.26. The van der Waals surface area contributed by atoms with Crippen molar-refractivity contribution in [3.63, 3.8) is 0 Å². The van der Waals surface area contributed by atoms with Crippen LogP contribution in [0.4, 0.5) is 17.6 Å². The van der Waals surface area contributed by atoms with Gasteiger partial charge in [0.1, 0.15) is 11.1 Å². The van der Waals surface area contributed by atoms with E-state index in [1.165, 1.54) is 6.07 Å². The first-order chi connectivity index (χ1) is 12.2. The highest BCUT2D eigenvalue weighted by molar-refractivity contribution is 6.39. The Bertz CT molecular complexity index is 1070. The van der Waals surface area contributed by atoms with E-state index < -0.39 is 34.8 Å². The monoisotopic (exact) mass is 403 g/mol. The number of rotatable bonds is 2. The minimum Gasteiger partial charge on any atom is -0.419 e. The predicted molar refractivity (Wildman–Crippen MR) is 87.7 cm³/mol. The third kappa shape index (κ3) is 3.08. The van der Waals surface area contributed by atoms with Crippen molar-refractivity contribution in [2.45, 2.75) is 6.92 Å². The standard InChI is InChI=1S/C17H7Cl2F4NO2/c1-6-2-3-7-9(18)5-10(19)16(15(7)24-6)26-17(25)8-4-11(20)13(22)14(23)12(8)21/h2-5H,1H3. The third-order valence-corrected chi connectivity index (χ3v) is 4.09. The molecule has 0 spiro atoms. The quantitative estimate of drug-likeness (QED) is 0.183. The van der Waals surface area contributed by atoms with E-state index in [0.717, 1.165) is 0 Å². The zero-order valence-electron chi connectivity index (χ0n) is 12.8. The maximum atomic E-state index is 13.8. The number of pyridine rings is 1. The molecule has 0 saturated carbocycles. The first kappa shape index (κ1) is 18.4. The van der Waals surface area contributed by atoms with Crippen LogP contribution in [0.5, 0.6) is 5.75 Å². The molecule has 3 rings (SSSR count). The van der Waals surface area contributed by atoms with Gasteiger partial charge in [-0.05, 0) is 31.2 Å². The lowest BCUT2D eigenvalue weighted by atomic mass is 10.1. The fourth-order valence-electron chi connectivity index (χ4n) is 2.26. The van der Waals surface area contributed by atoms with Crippen molar-refractivity contribution in [3.8, 4) is 5.75 Å². The summed E-state index contributed by atoms with van der Waals surface area (Å²) < 4.78 is 58.5. The average molecular weight is 404 g/mol. The topological polar surface area (TPSA) is 39.2 Å². The molecule has 0 aliphatic heterocycles. The van der Waals surface area contributed by atoms with Crippen molar-refractivity contribution in [1.82, 2.24) is 4.98 Å². The van der Waals surface area contributed by atoms with Gasteiger partial charge in [0.15, 0.2) is 29.0 Å². The SMILES string of the molecule is Cc1ccc2c(Cl)cc(Cl)c(OC(=O)c3cc(F)c(F)c(F)c3F)c2n1. The first-order valence-corrected chi connectivity index (χ1v) is 7.76. The van der Waals surface area contributed by atoms with E-state index in [1.807, 2.05) is 0 Å². The van der Waals surface area contributed by atoms with Crippen molar-refractivity contribution in [3.05, 3.63) is 68.8 Å². The second-order valence-electron chi connectivity index (χ2n) is 5.26. The van der Waals surface area contributed by atoms with Gasteiger partial charge in [0.25, 0.3) is 0 Å². The van der Waals surface area contributed by atoms with Crippen molar-refractivity contribution in [2.24, 2.45) is 0 Å². The number of hydrogen-bond acceptors (Lipinski definition) is 3. The molecule has 3 nitrogen and oxygen atoms in total. The van der Waals surface area contributed by atoms with Crippen LogP contribution in [0.1, 0.15) is 16.1 Å². The Hall–Kier alpha value is -2.38. The number of carbonyl (C=O) groups is 1. The molecule has 2 aromatic carbocycles. The van der Waals surface area contributed by atoms with Crippen LogP contribution in [-0.4, -0.2) is 11.0 Å². The molecule has 0 unspecified atom stereocenters. The Morgan fingerprint density at radius 2 is 1.69 bits per heavy atom. The second kappa shape index (κ2) is 6.74. The Balaban J connectivity index is 2.13. The molecule has 1 heterocycles. The Morgan fingerprint density at radius 3 is 2.38 bits per heavy atom. The molecule has 3 aromatic rings. The number of aryl methyl sites for hydroxylation is 1. The maximum absolute atomic E-state index is 13.8. The average Bonchev–Trinajstić information content (AvgIpc) is 2.59. The van der Waals surface area contributed by atoms with Crippen molar-refractivity contribution < 1.29 is 27.1 Å². The molecule has 0 fully saturated rings. The number of nitrogens with zero attached hydrogens (tertiary/aromatic N) is 1.